The highest BCUT2D eigenvalue weighted by molar-refractivity contribution is 5.24. The van der Waals surface area contributed by atoms with Crippen LogP contribution in [-0.4, -0.2) is 0 Å². The Balaban J connectivity index is 2.73. The van der Waals surface area contributed by atoms with E-state index in [1.165, 1.54) is 30.4 Å². The third-order valence-electron chi connectivity index (χ3n) is 2.68. The summed E-state index contributed by atoms with van der Waals surface area (Å²) in [4.78, 5) is 0. The maximum absolute atomic E-state index is 2.28. The number of hydrogen-bond acceptors (Lipinski definition) is 0. The van der Waals surface area contributed by atoms with Crippen LogP contribution in [0.15, 0.2) is 24.3 Å². The number of hydrogen-bond donors (Lipinski definition) is 0. The van der Waals surface area contributed by atoms with Gasteiger partial charge in [-0.15, -0.1) is 0 Å². The molecule has 0 nitrogen and oxygen atoms in total. The molecule has 0 heterocycles. The molecule has 1 aromatic rings. The first-order valence-corrected chi connectivity index (χ1v) is 5.34. The van der Waals surface area contributed by atoms with Crippen LogP contribution in [-0.2, 0) is 0 Å². The highest BCUT2D eigenvalue weighted by Crippen LogP contribution is 2.24. The van der Waals surface area contributed by atoms with E-state index in [2.05, 4.69) is 45.0 Å². The molecule has 1 atom stereocenters. The van der Waals surface area contributed by atoms with Gasteiger partial charge in [0.2, 0.25) is 0 Å². The van der Waals surface area contributed by atoms with Crippen molar-refractivity contribution in [1.82, 2.24) is 0 Å². The van der Waals surface area contributed by atoms with Crippen molar-refractivity contribution in [2.75, 3.05) is 0 Å². The van der Waals surface area contributed by atoms with Gasteiger partial charge < -0.3 is 0 Å². The summed E-state index contributed by atoms with van der Waals surface area (Å²) in [5.74, 6) is 0.769. The molecule has 1 unspecified atom stereocenters. The van der Waals surface area contributed by atoms with Gasteiger partial charge in [-0.1, -0.05) is 50.1 Å². The van der Waals surface area contributed by atoms with Gasteiger partial charge in [-0.25, -0.2) is 0 Å². The normalized spacial score (nSPS) is 12.8. The van der Waals surface area contributed by atoms with Crippen LogP contribution < -0.4 is 0 Å². The summed E-state index contributed by atoms with van der Waals surface area (Å²) in [7, 11) is 0. The SMILES string of the molecule is CCCC(CC)c1ccc(C)cc1. The van der Waals surface area contributed by atoms with Gasteiger partial charge in [0, 0.05) is 0 Å². The summed E-state index contributed by atoms with van der Waals surface area (Å²) in [6.07, 6.45) is 3.86. The zero-order valence-corrected chi connectivity index (χ0v) is 9.01. The number of rotatable bonds is 4. The lowest BCUT2D eigenvalue weighted by Gasteiger charge is -2.14. The molecule has 0 saturated carbocycles. The van der Waals surface area contributed by atoms with Crippen LogP contribution in [0.3, 0.4) is 0 Å². The third-order valence-corrected chi connectivity index (χ3v) is 2.68. The fourth-order valence-electron chi connectivity index (χ4n) is 1.79. The van der Waals surface area contributed by atoms with E-state index < -0.39 is 0 Å². The second-order valence-corrected chi connectivity index (χ2v) is 3.80. The van der Waals surface area contributed by atoms with Gasteiger partial charge >= 0.3 is 0 Å². The van der Waals surface area contributed by atoms with E-state index in [-0.39, 0.29) is 0 Å². The second-order valence-electron chi connectivity index (χ2n) is 3.80. The minimum atomic E-state index is 0.769. The summed E-state index contributed by atoms with van der Waals surface area (Å²) in [6.45, 7) is 6.68. The summed E-state index contributed by atoms with van der Waals surface area (Å²) in [5, 5.41) is 0. The van der Waals surface area contributed by atoms with Gasteiger partial charge in [-0.2, -0.15) is 0 Å². The highest BCUT2D eigenvalue weighted by atomic mass is 14.1. The van der Waals surface area contributed by atoms with Crippen molar-refractivity contribution in [3.05, 3.63) is 35.4 Å². The van der Waals surface area contributed by atoms with Crippen molar-refractivity contribution in [3.8, 4) is 0 Å². The van der Waals surface area contributed by atoms with Crippen molar-refractivity contribution >= 4 is 0 Å². The predicted octanol–water partition coefficient (Wildman–Crippen LogP) is 4.29. The Morgan fingerprint density at radius 1 is 1.08 bits per heavy atom. The quantitative estimate of drug-likeness (QED) is 0.642. The van der Waals surface area contributed by atoms with Gasteiger partial charge in [0.05, 0.1) is 0 Å². The van der Waals surface area contributed by atoms with Crippen LogP contribution in [0.25, 0.3) is 0 Å². The molecule has 1 rings (SSSR count). The van der Waals surface area contributed by atoms with Gasteiger partial charge in [0.15, 0.2) is 0 Å². The van der Waals surface area contributed by atoms with Crippen molar-refractivity contribution in [2.45, 2.75) is 46.0 Å². The topological polar surface area (TPSA) is 0 Å². The van der Waals surface area contributed by atoms with E-state index in [9.17, 15) is 0 Å². The predicted molar refractivity (Wildman–Crippen MR) is 59.1 cm³/mol. The molecule has 0 bridgehead atoms. The van der Waals surface area contributed by atoms with Crippen LogP contribution in [0, 0.1) is 6.92 Å². The van der Waals surface area contributed by atoms with Crippen LogP contribution in [0.4, 0.5) is 0 Å². The van der Waals surface area contributed by atoms with E-state index in [0.717, 1.165) is 5.92 Å². The Morgan fingerprint density at radius 3 is 2.15 bits per heavy atom. The van der Waals surface area contributed by atoms with Crippen LogP contribution in [0.2, 0.25) is 0 Å². The van der Waals surface area contributed by atoms with Gasteiger partial charge in [0.1, 0.15) is 0 Å². The molecule has 0 aromatic heterocycles. The second kappa shape index (κ2) is 5.06. The monoisotopic (exact) mass is 176 g/mol. The molecule has 0 aliphatic rings. The first-order valence-electron chi connectivity index (χ1n) is 5.34. The lowest BCUT2D eigenvalue weighted by molar-refractivity contribution is 0.596. The number of aryl methyl sites for hydroxylation is 1. The summed E-state index contributed by atoms with van der Waals surface area (Å²) in [6, 6.07) is 8.99. The Kier molecular flexibility index (Phi) is 4.01. The Bertz CT molecular complexity index is 233. The molecule has 13 heavy (non-hydrogen) atoms. The molecule has 0 spiro atoms. The third kappa shape index (κ3) is 2.87. The molecule has 0 aliphatic carbocycles. The fraction of sp³-hybridized carbons (Fsp3) is 0.538. The lowest BCUT2D eigenvalue weighted by Crippen LogP contribution is -1.96. The molecule has 0 heteroatoms. The molecule has 72 valence electrons. The Hall–Kier alpha value is -0.780. The minimum absolute atomic E-state index is 0.769. The average Bonchev–Trinajstić information content (AvgIpc) is 2.16. The maximum atomic E-state index is 2.28. The van der Waals surface area contributed by atoms with Crippen LogP contribution >= 0.6 is 0 Å². The maximum Gasteiger partial charge on any atom is -0.0165 e. The molecule has 0 saturated heterocycles. The van der Waals surface area contributed by atoms with E-state index in [4.69, 9.17) is 0 Å². The van der Waals surface area contributed by atoms with Crippen molar-refractivity contribution in [2.24, 2.45) is 0 Å². The van der Waals surface area contributed by atoms with Gasteiger partial charge in [-0.05, 0) is 31.2 Å². The van der Waals surface area contributed by atoms with E-state index in [0.29, 0.717) is 0 Å². The van der Waals surface area contributed by atoms with E-state index >= 15 is 0 Å². The number of benzene rings is 1. The average molecular weight is 176 g/mol. The largest absolute Gasteiger partial charge is 0.0654 e. The van der Waals surface area contributed by atoms with Crippen molar-refractivity contribution < 1.29 is 0 Å². The first-order chi connectivity index (χ1) is 6.27. The van der Waals surface area contributed by atoms with E-state index in [1.807, 2.05) is 0 Å². The van der Waals surface area contributed by atoms with Crippen molar-refractivity contribution in [1.29, 1.82) is 0 Å². The Labute approximate surface area is 82.0 Å². The first kappa shape index (κ1) is 10.3. The summed E-state index contributed by atoms with van der Waals surface area (Å²) < 4.78 is 0. The molecular formula is C13H20. The molecular weight excluding hydrogens is 156 g/mol. The lowest BCUT2D eigenvalue weighted by atomic mass is 9.92. The van der Waals surface area contributed by atoms with Gasteiger partial charge in [-0.3, -0.25) is 0 Å². The minimum Gasteiger partial charge on any atom is -0.0654 e. The molecule has 0 radical (unpaired) electrons. The van der Waals surface area contributed by atoms with Crippen LogP contribution in [0.5, 0.6) is 0 Å². The molecule has 0 fully saturated rings. The molecule has 1 aromatic carbocycles. The van der Waals surface area contributed by atoms with Gasteiger partial charge in [0.25, 0.3) is 0 Å². The Morgan fingerprint density at radius 2 is 1.69 bits per heavy atom. The molecule has 0 amide bonds. The van der Waals surface area contributed by atoms with Crippen LogP contribution in [0.1, 0.15) is 50.2 Å². The smallest absolute Gasteiger partial charge is 0.0165 e. The highest BCUT2D eigenvalue weighted by Gasteiger charge is 2.06. The fourth-order valence-corrected chi connectivity index (χ4v) is 1.79. The molecule has 0 aliphatic heterocycles. The zero-order valence-electron chi connectivity index (χ0n) is 9.01. The van der Waals surface area contributed by atoms with Crippen molar-refractivity contribution in [3.63, 3.8) is 0 Å². The summed E-state index contributed by atoms with van der Waals surface area (Å²) >= 11 is 0. The standard InChI is InChI=1S/C13H20/c1-4-6-12(5-2)13-9-7-11(3)8-10-13/h7-10,12H,4-6H2,1-3H3. The van der Waals surface area contributed by atoms with E-state index in [1.54, 1.807) is 0 Å². The summed E-state index contributed by atoms with van der Waals surface area (Å²) in [5.41, 5.74) is 2.87. The zero-order chi connectivity index (χ0) is 9.68. The molecule has 0 N–H and O–H groups in total.